The van der Waals surface area contributed by atoms with Crippen LogP contribution in [0.4, 0.5) is 0 Å². The van der Waals surface area contributed by atoms with E-state index in [1.807, 2.05) is 61.8 Å². The number of carbonyl (C=O) groups excluding carboxylic acids is 2. The smallest absolute Gasteiger partial charge is 0.337 e. The number of Topliss-reactive ketones (excluding diaryl/α,β-unsaturated/α-hetero) is 1. The lowest BCUT2D eigenvalue weighted by atomic mass is 9.68. The first kappa shape index (κ1) is 20.1. The van der Waals surface area contributed by atoms with Crippen molar-refractivity contribution < 1.29 is 19.3 Å². The van der Waals surface area contributed by atoms with E-state index in [0.29, 0.717) is 17.6 Å². The number of dihydropyridines is 1. The number of ketones is 1. The maximum Gasteiger partial charge on any atom is 0.337 e. The summed E-state index contributed by atoms with van der Waals surface area (Å²) < 4.78 is 5.67. The third-order valence-corrected chi connectivity index (χ3v) is 5.75. The molecule has 0 fully saturated rings. The molecule has 1 aromatic heterocycles. The number of ether oxygens (including phenoxy) is 1. The maximum absolute atomic E-state index is 13.2. The molecule has 1 atom stereocenters. The number of hydrogen-bond donors (Lipinski definition) is 1. The van der Waals surface area contributed by atoms with Gasteiger partial charge in [0.2, 0.25) is 0 Å². The van der Waals surface area contributed by atoms with Gasteiger partial charge >= 0.3 is 5.97 Å². The summed E-state index contributed by atoms with van der Waals surface area (Å²) in [5, 5.41) is 3.36. The molecule has 0 amide bonds. The molecule has 5 heteroatoms. The van der Waals surface area contributed by atoms with Crippen LogP contribution in [-0.4, -0.2) is 11.8 Å². The molecule has 2 aliphatic rings. The van der Waals surface area contributed by atoms with Gasteiger partial charge in [0.1, 0.15) is 6.61 Å². The average molecular weight is 404 g/mol. The zero-order chi connectivity index (χ0) is 21.3. The van der Waals surface area contributed by atoms with Crippen LogP contribution in [0.25, 0.3) is 0 Å². The fourth-order valence-electron chi connectivity index (χ4n) is 4.43. The highest BCUT2D eigenvalue weighted by molar-refractivity contribution is 6.04. The Kier molecular flexibility index (Phi) is 5.29. The van der Waals surface area contributed by atoms with Gasteiger partial charge in [0.05, 0.1) is 5.57 Å². The lowest BCUT2D eigenvalue weighted by Crippen LogP contribution is -2.38. The van der Waals surface area contributed by atoms with Gasteiger partial charge in [-0.15, -0.1) is 0 Å². The van der Waals surface area contributed by atoms with Crippen LogP contribution in [0.3, 0.4) is 0 Å². The Bertz CT molecular complexity index is 1040. The zero-order valence-corrected chi connectivity index (χ0v) is 17.6. The molecule has 2 aromatic rings. The summed E-state index contributed by atoms with van der Waals surface area (Å²) in [4.78, 5) is 29.4. The van der Waals surface area contributed by atoms with Crippen molar-refractivity contribution in [3.8, 4) is 0 Å². The second-order valence-corrected chi connectivity index (χ2v) is 8.82. The highest BCUT2D eigenvalue weighted by atomic mass is 16.5. The second kappa shape index (κ2) is 7.90. The van der Waals surface area contributed by atoms with Crippen molar-refractivity contribution in [2.24, 2.45) is 5.41 Å². The van der Waals surface area contributed by atoms with E-state index in [2.05, 4.69) is 24.1 Å². The molecule has 2 heterocycles. The number of esters is 1. The number of nitrogens with one attached hydrogen (secondary N) is 2. The summed E-state index contributed by atoms with van der Waals surface area (Å²) in [6.45, 7) is 6.28. The lowest BCUT2D eigenvalue weighted by molar-refractivity contribution is -0.378. The molecule has 0 saturated carbocycles. The number of aromatic nitrogens is 1. The third-order valence-electron chi connectivity index (χ3n) is 5.75. The van der Waals surface area contributed by atoms with Gasteiger partial charge in [-0.25, -0.2) is 9.78 Å². The first-order valence-electron chi connectivity index (χ1n) is 10.3. The molecule has 1 aliphatic heterocycles. The van der Waals surface area contributed by atoms with Gasteiger partial charge in [0.15, 0.2) is 18.2 Å². The van der Waals surface area contributed by atoms with E-state index in [1.54, 1.807) is 0 Å². The molecular weight excluding hydrogens is 376 g/mol. The number of carbonyl (C=O) groups is 2. The van der Waals surface area contributed by atoms with E-state index >= 15 is 0 Å². The Labute approximate surface area is 176 Å². The number of rotatable bonds is 4. The second-order valence-electron chi connectivity index (χ2n) is 8.82. The normalized spacial score (nSPS) is 20.5. The van der Waals surface area contributed by atoms with Crippen LogP contribution in [0.5, 0.6) is 0 Å². The predicted molar refractivity (Wildman–Crippen MR) is 113 cm³/mol. The van der Waals surface area contributed by atoms with Crippen LogP contribution in [0.1, 0.15) is 50.7 Å². The van der Waals surface area contributed by atoms with Crippen LogP contribution in [0.2, 0.25) is 0 Å². The Morgan fingerprint density at radius 3 is 2.53 bits per heavy atom. The first-order chi connectivity index (χ1) is 14.4. The molecule has 5 nitrogen and oxygen atoms in total. The summed E-state index contributed by atoms with van der Waals surface area (Å²) in [7, 11) is 0. The fraction of sp³-hybridized carbons (Fsp3) is 0.320. The Morgan fingerprint density at radius 2 is 1.83 bits per heavy atom. The van der Waals surface area contributed by atoms with Crippen molar-refractivity contribution in [3.63, 3.8) is 0 Å². The van der Waals surface area contributed by atoms with Gasteiger partial charge in [0.25, 0.3) is 0 Å². The lowest BCUT2D eigenvalue weighted by Gasteiger charge is -2.39. The average Bonchev–Trinajstić information content (AvgIpc) is 2.71. The van der Waals surface area contributed by atoms with Gasteiger partial charge in [-0.2, -0.15) is 0 Å². The Balaban J connectivity index is 1.72. The number of pyridine rings is 1. The Hall–Kier alpha value is -3.21. The van der Waals surface area contributed by atoms with Gasteiger partial charge in [-0.1, -0.05) is 44.2 Å². The minimum atomic E-state index is -0.428. The van der Waals surface area contributed by atoms with Crippen LogP contribution < -0.4 is 10.3 Å². The number of hydrogen-bond acceptors (Lipinski definition) is 4. The molecule has 1 aromatic carbocycles. The molecule has 0 radical (unpaired) electrons. The van der Waals surface area contributed by atoms with Gasteiger partial charge in [-0.05, 0) is 29.9 Å². The van der Waals surface area contributed by atoms with E-state index in [1.165, 1.54) is 0 Å². The predicted octanol–water partition coefficient (Wildman–Crippen LogP) is 3.85. The monoisotopic (exact) mass is 403 g/mol. The topological polar surface area (TPSA) is 69.5 Å². The summed E-state index contributed by atoms with van der Waals surface area (Å²) >= 11 is 0. The molecule has 30 heavy (non-hydrogen) atoms. The van der Waals surface area contributed by atoms with E-state index < -0.39 is 11.9 Å². The molecule has 0 spiro atoms. The number of benzene rings is 1. The van der Waals surface area contributed by atoms with Crippen molar-refractivity contribution in [3.05, 3.63) is 88.5 Å². The Morgan fingerprint density at radius 1 is 1.13 bits per heavy atom. The van der Waals surface area contributed by atoms with Crippen LogP contribution >= 0.6 is 0 Å². The summed E-state index contributed by atoms with van der Waals surface area (Å²) in [6.07, 6.45) is 4.87. The first-order valence-corrected chi connectivity index (χ1v) is 10.3. The van der Waals surface area contributed by atoms with Crippen LogP contribution in [0.15, 0.2) is 77.4 Å². The maximum atomic E-state index is 13.2. The summed E-state index contributed by atoms with van der Waals surface area (Å²) in [6, 6.07) is 13.4. The quantitative estimate of drug-likeness (QED) is 0.788. The molecule has 1 aliphatic carbocycles. The SMILES string of the molecule is CC1=C(C(=O)OCc2ccccc2)C(c2cc[nH+]cc2)C2=C(CC(C)(C)CC2=O)N1. The van der Waals surface area contributed by atoms with E-state index in [4.69, 9.17) is 4.74 Å². The zero-order valence-electron chi connectivity index (χ0n) is 17.6. The van der Waals surface area contributed by atoms with Crippen LogP contribution in [0, 0.1) is 5.41 Å². The molecule has 1 unspecified atom stereocenters. The molecule has 154 valence electrons. The number of allylic oxidation sites excluding steroid dienone is 3. The molecule has 0 saturated heterocycles. The number of aromatic amines is 1. The van der Waals surface area contributed by atoms with Crippen LogP contribution in [-0.2, 0) is 20.9 Å². The standard InChI is InChI=1S/C25H26N2O3/c1-16-21(24(29)30-15-17-7-5-4-6-8-17)22(18-9-11-26-12-10-18)23-19(27-16)13-25(2,3)14-20(23)28/h4-12,22,27H,13-15H2,1-3H3/p+1. The fourth-order valence-corrected chi connectivity index (χ4v) is 4.43. The molecule has 4 rings (SSSR count). The molecule has 0 bridgehead atoms. The highest BCUT2D eigenvalue weighted by Crippen LogP contribution is 2.46. The summed E-state index contributed by atoms with van der Waals surface area (Å²) in [5.74, 6) is -0.735. The van der Waals surface area contributed by atoms with Gasteiger partial charge < -0.3 is 10.1 Å². The molecular formula is C25H27N2O3+. The van der Waals surface area contributed by atoms with Gasteiger partial charge in [0, 0.05) is 41.4 Å². The van der Waals surface area contributed by atoms with E-state index in [-0.39, 0.29) is 17.8 Å². The highest BCUT2D eigenvalue weighted by Gasteiger charge is 2.43. The van der Waals surface area contributed by atoms with Gasteiger partial charge in [-0.3, -0.25) is 4.79 Å². The van der Waals surface area contributed by atoms with E-state index in [9.17, 15) is 9.59 Å². The van der Waals surface area contributed by atoms with Crippen molar-refractivity contribution >= 4 is 11.8 Å². The largest absolute Gasteiger partial charge is 0.457 e. The van der Waals surface area contributed by atoms with Crippen molar-refractivity contribution in [1.29, 1.82) is 0 Å². The third kappa shape index (κ3) is 3.92. The minimum Gasteiger partial charge on any atom is -0.457 e. The summed E-state index contributed by atoms with van der Waals surface area (Å²) in [5.41, 5.74) is 4.59. The minimum absolute atomic E-state index is 0.0902. The van der Waals surface area contributed by atoms with Crippen molar-refractivity contribution in [2.75, 3.05) is 0 Å². The number of H-pyrrole nitrogens is 1. The van der Waals surface area contributed by atoms with Crippen molar-refractivity contribution in [1.82, 2.24) is 5.32 Å². The van der Waals surface area contributed by atoms with E-state index in [0.717, 1.165) is 28.9 Å². The molecule has 2 N–H and O–H groups in total. The van der Waals surface area contributed by atoms with Crippen molar-refractivity contribution in [2.45, 2.75) is 46.1 Å².